The van der Waals surface area contributed by atoms with Gasteiger partial charge in [-0.05, 0) is 72.8 Å². The average Bonchev–Trinajstić information content (AvgIpc) is 3.32. The van der Waals surface area contributed by atoms with E-state index in [1.54, 1.807) is 6.20 Å². The molecule has 1 aliphatic carbocycles. The van der Waals surface area contributed by atoms with Gasteiger partial charge in [0.1, 0.15) is 5.52 Å². The lowest BCUT2D eigenvalue weighted by Gasteiger charge is -2.35. The minimum atomic E-state index is -0.857. The largest absolute Gasteiger partial charge is 0.481 e. The molecule has 8 nitrogen and oxygen atoms in total. The smallest absolute Gasteiger partial charge is 0.304 e. The Morgan fingerprint density at radius 1 is 0.973 bits per heavy atom. The minimum absolute atomic E-state index is 0.0357. The number of carboxylic acids is 1. The van der Waals surface area contributed by atoms with Gasteiger partial charge in [0.25, 0.3) is 0 Å². The summed E-state index contributed by atoms with van der Waals surface area (Å²) in [6.45, 7) is 2.15. The third kappa shape index (κ3) is 4.98. The van der Waals surface area contributed by atoms with Crippen LogP contribution >= 0.6 is 0 Å². The third-order valence-electron chi connectivity index (χ3n) is 8.79. The Morgan fingerprint density at radius 2 is 1.84 bits per heavy atom. The Hall–Kier alpha value is -3.29. The lowest BCUT2D eigenvalue weighted by Crippen LogP contribution is -2.41. The lowest BCUT2D eigenvalue weighted by atomic mass is 9.79. The van der Waals surface area contributed by atoms with E-state index >= 15 is 0 Å². The second-order valence-corrected chi connectivity index (χ2v) is 11.2. The minimum Gasteiger partial charge on any atom is -0.481 e. The molecule has 1 atom stereocenters. The Bertz CT molecular complexity index is 1310. The van der Waals surface area contributed by atoms with Crippen LogP contribution in [0.4, 0.5) is 0 Å². The molecule has 1 amide bonds. The van der Waals surface area contributed by atoms with Crippen LogP contribution in [0.3, 0.4) is 0 Å². The summed E-state index contributed by atoms with van der Waals surface area (Å²) in [5, 5.41) is 18.4. The summed E-state index contributed by atoms with van der Waals surface area (Å²) in [4.78, 5) is 32.0. The number of amides is 1. The highest BCUT2D eigenvalue weighted by atomic mass is 16.4. The molecule has 1 aromatic carbocycles. The molecule has 1 N–H and O–H groups in total. The molecule has 7 heterocycles. The molecule has 2 aromatic heterocycles. The molecule has 9 rings (SSSR count). The maximum atomic E-state index is 13.5. The van der Waals surface area contributed by atoms with E-state index in [9.17, 15) is 14.7 Å². The first-order valence-electron chi connectivity index (χ1n) is 13.9. The van der Waals surface area contributed by atoms with E-state index in [0.29, 0.717) is 18.0 Å². The van der Waals surface area contributed by atoms with E-state index in [0.717, 1.165) is 86.3 Å². The van der Waals surface area contributed by atoms with Gasteiger partial charge in [-0.2, -0.15) is 0 Å². The van der Waals surface area contributed by atoms with Crippen molar-refractivity contribution >= 4 is 23.0 Å². The maximum Gasteiger partial charge on any atom is 0.304 e. The first kappa shape index (κ1) is 24.1. The molecule has 9 bridgehead atoms. The Kier molecular flexibility index (Phi) is 6.65. The number of benzene rings is 1. The van der Waals surface area contributed by atoms with Gasteiger partial charge in [0.15, 0.2) is 5.65 Å². The van der Waals surface area contributed by atoms with Crippen LogP contribution in [0.2, 0.25) is 0 Å². The highest BCUT2D eigenvalue weighted by molar-refractivity contribution is 5.79. The zero-order valence-corrected chi connectivity index (χ0v) is 21.3. The van der Waals surface area contributed by atoms with Crippen molar-refractivity contribution in [3.63, 3.8) is 0 Å². The molecule has 194 valence electrons. The van der Waals surface area contributed by atoms with Crippen LogP contribution in [0.15, 0.2) is 30.5 Å². The predicted octanol–water partition coefficient (Wildman–Crippen LogP) is 4.70. The maximum absolute atomic E-state index is 13.5. The average molecular weight is 502 g/mol. The van der Waals surface area contributed by atoms with Crippen LogP contribution in [0.5, 0.6) is 0 Å². The topological polar surface area (TPSA) is 101 Å². The van der Waals surface area contributed by atoms with Crippen LogP contribution in [0.25, 0.3) is 11.2 Å². The molecule has 6 aliphatic rings. The molecule has 0 radical (unpaired) electrons. The van der Waals surface area contributed by atoms with Gasteiger partial charge in [-0.3, -0.25) is 9.59 Å². The summed E-state index contributed by atoms with van der Waals surface area (Å²) in [7, 11) is 0. The summed E-state index contributed by atoms with van der Waals surface area (Å²) in [5.74, 6) is -0.0140. The van der Waals surface area contributed by atoms with Crippen molar-refractivity contribution in [3.8, 4) is 0 Å². The molecular formula is C29H35N5O3. The number of pyridine rings is 1. The van der Waals surface area contributed by atoms with Crippen molar-refractivity contribution < 1.29 is 14.7 Å². The monoisotopic (exact) mass is 501 g/mol. The molecule has 37 heavy (non-hydrogen) atoms. The van der Waals surface area contributed by atoms with E-state index in [2.05, 4.69) is 27.4 Å². The number of carbonyl (C=O) groups excluding carboxylic acids is 1. The number of aromatic nitrogens is 4. The molecule has 3 aromatic rings. The van der Waals surface area contributed by atoms with Crippen molar-refractivity contribution in [1.29, 1.82) is 0 Å². The molecular weight excluding hydrogens is 466 g/mol. The summed E-state index contributed by atoms with van der Waals surface area (Å²) in [6, 6.07) is 8.21. The van der Waals surface area contributed by atoms with Gasteiger partial charge >= 0.3 is 5.97 Å². The first-order chi connectivity index (χ1) is 18.0. The fourth-order valence-corrected chi connectivity index (χ4v) is 6.63. The van der Waals surface area contributed by atoms with Crippen molar-refractivity contribution in [3.05, 3.63) is 52.7 Å². The van der Waals surface area contributed by atoms with Gasteiger partial charge in [-0.1, -0.05) is 42.7 Å². The van der Waals surface area contributed by atoms with Gasteiger partial charge in [0.05, 0.1) is 6.42 Å². The summed E-state index contributed by atoms with van der Waals surface area (Å²) in [5.41, 5.74) is 5.60. The number of carboxylic acid groups (broad SMARTS) is 1. The molecule has 1 unspecified atom stereocenters. The molecule has 1 fully saturated rings. The third-order valence-corrected chi connectivity index (χ3v) is 8.79. The number of hydrogen-bond acceptors (Lipinski definition) is 5. The molecule has 5 aliphatic heterocycles. The van der Waals surface area contributed by atoms with Gasteiger partial charge in [0, 0.05) is 37.7 Å². The normalized spacial score (nSPS) is 24.6. The highest BCUT2D eigenvalue weighted by Crippen LogP contribution is 2.35. The predicted molar refractivity (Wildman–Crippen MR) is 139 cm³/mol. The van der Waals surface area contributed by atoms with Gasteiger partial charge < -0.3 is 10.0 Å². The summed E-state index contributed by atoms with van der Waals surface area (Å²) in [6.07, 6.45) is 11.5. The van der Waals surface area contributed by atoms with Crippen molar-refractivity contribution in [1.82, 2.24) is 24.9 Å². The number of nitrogens with zero attached hydrogens (tertiary/aromatic N) is 5. The van der Waals surface area contributed by atoms with E-state index in [1.165, 1.54) is 18.4 Å². The van der Waals surface area contributed by atoms with E-state index < -0.39 is 5.97 Å². The molecule has 8 heteroatoms. The van der Waals surface area contributed by atoms with Gasteiger partial charge in [-0.15, -0.1) is 5.10 Å². The van der Waals surface area contributed by atoms with Crippen LogP contribution in [-0.2, 0) is 29.1 Å². The second-order valence-electron chi connectivity index (χ2n) is 11.2. The molecule has 0 spiro atoms. The SMILES string of the molecule is O=C(O)CC1c2ccc3c(c2)CN(CC3)C(=O)C2CCC(CCCCCn3nnc4cc1cnc43)CC2. The van der Waals surface area contributed by atoms with Crippen LogP contribution in [0, 0.1) is 11.8 Å². The summed E-state index contributed by atoms with van der Waals surface area (Å²) < 4.78 is 1.87. The Balaban J connectivity index is 1.36. The number of hydrogen-bond donors (Lipinski definition) is 1. The zero-order valence-electron chi connectivity index (χ0n) is 21.3. The highest BCUT2D eigenvalue weighted by Gasteiger charge is 2.31. The van der Waals surface area contributed by atoms with E-state index in [1.807, 2.05) is 21.7 Å². The second kappa shape index (κ2) is 10.2. The number of aryl methyl sites for hydroxylation is 1. The fourth-order valence-electron chi connectivity index (χ4n) is 6.63. The van der Waals surface area contributed by atoms with Crippen LogP contribution in [-0.4, -0.2) is 48.4 Å². The lowest BCUT2D eigenvalue weighted by molar-refractivity contribution is -0.138. The number of rotatable bonds is 2. The van der Waals surface area contributed by atoms with Crippen LogP contribution < -0.4 is 0 Å². The van der Waals surface area contributed by atoms with E-state index in [-0.39, 0.29) is 18.3 Å². The zero-order chi connectivity index (χ0) is 25.4. The van der Waals surface area contributed by atoms with Crippen molar-refractivity contribution in [2.45, 2.75) is 83.2 Å². The Labute approximate surface area is 217 Å². The Morgan fingerprint density at radius 3 is 2.68 bits per heavy atom. The fraction of sp³-hybridized carbons (Fsp3) is 0.552. The standard InChI is InChI=1S/C29H35N5O3/c35-27(36)16-25-22-10-9-20-11-13-33(18-24(20)14-22)29(37)21-7-5-19(6-8-21)4-2-1-3-12-34-28-26(31-32-34)15-23(25)17-30-28/h9-10,14-15,17,19,21,25H,1-8,11-13,16,18H2,(H,35,36). The van der Waals surface area contributed by atoms with Crippen LogP contribution in [0.1, 0.15) is 86.0 Å². The molecule has 0 saturated heterocycles. The van der Waals surface area contributed by atoms with Crippen molar-refractivity contribution in [2.75, 3.05) is 6.54 Å². The number of carbonyl (C=O) groups is 2. The van der Waals surface area contributed by atoms with Gasteiger partial charge in [0.2, 0.25) is 5.91 Å². The number of aliphatic carboxylic acids is 1. The summed E-state index contributed by atoms with van der Waals surface area (Å²) >= 11 is 0. The first-order valence-corrected chi connectivity index (χ1v) is 13.9. The van der Waals surface area contributed by atoms with Gasteiger partial charge in [-0.25, -0.2) is 9.67 Å². The molecule has 1 saturated carbocycles. The van der Waals surface area contributed by atoms with Crippen molar-refractivity contribution in [2.24, 2.45) is 11.8 Å². The quantitative estimate of drug-likeness (QED) is 0.546. The van der Waals surface area contributed by atoms with E-state index in [4.69, 9.17) is 0 Å².